The van der Waals surface area contributed by atoms with Crippen LogP contribution in [0.5, 0.6) is 11.5 Å². The zero-order valence-electron chi connectivity index (χ0n) is 16.5. The van der Waals surface area contributed by atoms with E-state index in [4.69, 9.17) is 9.47 Å². The minimum absolute atomic E-state index is 0.230. The summed E-state index contributed by atoms with van der Waals surface area (Å²) in [4.78, 5) is 27.8. The number of halogens is 1. The van der Waals surface area contributed by atoms with Crippen LogP contribution in [0.1, 0.15) is 18.1 Å². The van der Waals surface area contributed by atoms with Crippen molar-refractivity contribution in [2.45, 2.75) is 13.3 Å². The minimum Gasteiger partial charge on any atom is -0.493 e. The van der Waals surface area contributed by atoms with Crippen LogP contribution in [-0.2, 0) is 16.0 Å². The summed E-state index contributed by atoms with van der Waals surface area (Å²) < 4.78 is 23.7. The van der Waals surface area contributed by atoms with Crippen LogP contribution in [0, 0.1) is 5.82 Å². The van der Waals surface area contributed by atoms with E-state index in [0.29, 0.717) is 39.7 Å². The predicted octanol–water partition coefficient (Wildman–Crippen LogP) is 3.92. The lowest BCUT2D eigenvalue weighted by Crippen LogP contribution is -2.33. The Hall–Kier alpha value is -2.80. The fraction of sp³-hybridized carbons (Fsp3) is 0.273. The monoisotopic (exact) mass is 415 g/mol. The lowest BCUT2D eigenvalue weighted by molar-refractivity contribution is -0.136. The second kappa shape index (κ2) is 9.13. The van der Waals surface area contributed by atoms with E-state index in [2.05, 4.69) is 0 Å². The van der Waals surface area contributed by atoms with Crippen LogP contribution in [-0.4, -0.2) is 43.2 Å². The number of benzene rings is 2. The van der Waals surface area contributed by atoms with Crippen LogP contribution in [0.2, 0.25) is 0 Å². The lowest BCUT2D eigenvalue weighted by atomic mass is 10.1. The van der Waals surface area contributed by atoms with E-state index in [1.165, 1.54) is 43.0 Å². The first kappa shape index (κ1) is 20.9. The van der Waals surface area contributed by atoms with Gasteiger partial charge >= 0.3 is 0 Å². The summed E-state index contributed by atoms with van der Waals surface area (Å²) in [6, 6.07) is 11.2. The van der Waals surface area contributed by atoms with E-state index in [1.54, 1.807) is 30.3 Å². The fourth-order valence-electron chi connectivity index (χ4n) is 3.17. The summed E-state index contributed by atoms with van der Waals surface area (Å²) in [7, 11) is 3.06. The van der Waals surface area contributed by atoms with Gasteiger partial charge in [0.15, 0.2) is 11.5 Å². The molecule has 5 nitrogen and oxygen atoms in total. The highest BCUT2D eigenvalue weighted by Crippen LogP contribution is 2.39. The van der Waals surface area contributed by atoms with Crippen molar-refractivity contribution < 1.29 is 23.5 Å². The third kappa shape index (κ3) is 4.29. The molecule has 0 aliphatic carbocycles. The van der Waals surface area contributed by atoms with Crippen molar-refractivity contribution >= 4 is 29.1 Å². The molecule has 0 saturated carbocycles. The normalized spacial score (nSPS) is 14.0. The number of thioether (sulfide) groups is 1. The van der Waals surface area contributed by atoms with Crippen LogP contribution in [0.25, 0.3) is 5.57 Å². The Labute approximate surface area is 173 Å². The molecule has 0 saturated heterocycles. The summed E-state index contributed by atoms with van der Waals surface area (Å²) in [5.74, 6) is 0.752. The quantitative estimate of drug-likeness (QED) is 0.612. The van der Waals surface area contributed by atoms with Crippen molar-refractivity contribution in [1.29, 1.82) is 0 Å². The molecule has 2 aromatic carbocycles. The molecule has 2 aromatic rings. The van der Waals surface area contributed by atoms with Gasteiger partial charge in [-0.2, -0.15) is 0 Å². The molecule has 1 aliphatic heterocycles. The molecule has 3 rings (SSSR count). The number of ether oxygens (including phenoxy) is 2. The Kier molecular flexibility index (Phi) is 6.59. The third-order valence-electron chi connectivity index (χ3n) is 4.62. The SMILES string of the molecule is CCSC1=C(c2ccc(OC)c(OC)c2)C(=O)N(CCc2ccc(F)cc2)C1=O. The summed E-state index contributed by atoms with van der Waals surface area (Å²) in [6.45, 7) is 2.16. The van der Waals surface area contributed by atoms with Crippen LogP contribution in [0.15, 0.2) is 47.4 Å². The Morgan fingerprint density at radius 3 is 2.28 bits per heavy atom. The predicted molar refractivity (Wildman–Crippen MR) is 111 cm³/mol. The smallest absolute Gasteiger partial charge is 0.267 e. The van der Waals surface area contributed by atoms with E-state index in [1.807, 2.05) is 6.92 Å². The van der Waals surface area contributed by atoms with Crippen molar-refractivity contribution in [3.8, 4) is 11.5 Å². The van der Waals surface area contributed by atoms with Gasteiger partial charge in [0.2, 0.25) is 0 Å². The van der Waals surface area contributed by atoms with E-state index in [9.17, 15) is 14.0 Å². The van der Waals surface area contributed by atoms with Crippen LogP contribution in [0.3, 0.4) is 0 Å². The molecule has 29 heavy (non-hydrogen) atoms. The highest BCUT2D eigenvalue weighted by Gasteiger charge is 2.38. The lowest BCUT2D eigenvalue weighted by Gasteiger charge is -2.15. The third-order valence-corrected chi connectivity index (χ3v) is 5.58. The molecule has 0 unspecified atom stereocenters. The molecule has 1 aliphatic rings. The Bertz CT molecular complexity index is 956. The average Bonchev–Trinajstić information content (AvgIpc) is 2.97. The number of methoxy groups -OCH3 is 2. The van der Waals surface area contributed by atoms with Gasteiger partial charge in [0.05, 0.1) is 24.7 Å². The average molecular weight is 415 g/mol. The first-order chi connectivity index (χ1) is 14.0. The second-order valence-electron chi connectivity index (χ2n) is 6.35. The summed E-state index contributed by atoms with van der Waals surface area (Å²) in [6.07, 6.45) is 0.459. The van der Waals surface area contributed by atoms with Gasteiger partial charge in [0.1, 0.15) is 5.82 Å². The Balaban J connectivity index is 1.89. The first-order valence-electron chi connectivity index (χ1n) is 9.20. The molecule has 0 fully saturated rings. The molecular weight excluding hydrogens is 393 g/mol. The van der Waals surface area contributed by atoms with Crippen LogP contribution < -0.4 is 9.47 Å². The fourth-order valence-corrected chi connectivity index (χ4v) is 4.05. The summed E-state index contributed by atoms with van der Waals surface area (Å²) >= 11 is 1.35. The van der Waals surface area contributed by atoms with Gasteiger partial charge in [-0.3, -0.25) is 14.5 Å². The highest BCUT2D eigenvalue weighted by molar-refractivity contribution is 8.04. The van der Waals surface area contributed by atoms with Crippen molar-refractivity contribution in [1.82, 2.24) is 4.90 Å². The minimum atomic E-state index is -0.333. The standard InChI is InChI=1S/C22H22FNO4S/c1-4-29-20-19(15-7-10-17(27-2)18(13-15)28-3)21(25)24(22(20)26)12-11-14-5-8-16(23)9-6-14/h5-10,13H,4,11-12H2,1-3H3. The molecule has 0 radical (unpaired) electrons. The molecule has 0 bridgehead atoms. The van der Waals surface area contributed by atoms with Gasteiger partial charge < -0.3 is 9.47 Å². The van der Waals surface area contributed by atoms with Crippen molar-refractivity contribution in [2.75, 3.05) is 26.5 Å². The largest absolute Gasteiger partial charge is 0.493 e. The van der Waals surface area contributed by atoms with E-state index < -0.39 is 0 Å². The Morgan fingerprint density at radius 2 is 1.66 bits per heavy atom. The van der Waals surface area contributed by atoms with E-state index >= 15 is 0 Å². The molecule has 152 valence electrons. The second-order valence-corrected chi connectivity index (χ2v) is 7.62. The van der Waals surface area contributed by atoms with Gasteiger partial charge in [0, 0.05) is 6.54 Å². The Morgan fingerprint density at radius 1 is 0.966 bits per heavy atom. The topological polar surface area (TPSA) is 55.8 Å². The maximum Gasteiger partial charge on any atom is 0.267 e. The van der Waals surface area contributed by atoms with Gasteiger partial charge in [0.25, 0.3) is 11.8 Å². The maximum atomic E-state index is 13.1. The zero-order valence-corrected chi connectivity index (χ0v) is 17.3. The van der Waals surface area contributed by atoms with Gasteiger partial charge in [-0.05, 0) is 47.6 Å². The summed E-state index contributed by atoms with van der Waals surface area (Å²) in [5, 5.41) is 0. The molecule has 0 atom stereocenters. The molecule has 0 N–H and O–H groups in total. The number of carbonyl (C=O) groups is 2. The first-order valence-corrected chi connectivity index (χ1v) is 10.2. The molecule has 7 heteroatoms. The molecule has 2 amide bonds. The van der Waals surface area contributed by atoms with E-state index in [0.717, 1.165) is 5.56 Å². The number of imide groups is 1. The highest BCUT2D eigenvalue weighted by atomic mass is 32.2. The van der Waals surface area contributed by atoms with Crippen LogP contribution in [0.4, 0.5) is 4.39 Å². The molecular formula is C22H22FNO4S. The van der Waals surface area contributed by atoms with Gasteiger partial charge in [-0.1, -0.05) is 25.1 Å². The number of carbonyl (C=O) groups excluding carboxylic acids is 2. The van der Waals surface area contributed by atoms with Gasteiger partial charge in [-0.15, -0.1) is 11.8 Å². The van der Waals surface area contributed by atoms with E-state index in [-0.39, 0.29) is 24.2 Å². The van der Waals surface area contributed by atoms with Crippen LogP contribution >= 0.6 is 11.8 Å². The van der Waals surface area contributed by atoms with Gasteiger partial charge in [-0.25, -0.2) is 4.39 Å². The molecule has 0 aromatic heterocycles. The summed E-state index contributed by atoms with van der Waals surface area (Å²) in [5.41, 5.74) is 1.85. The zero-order chi connectivity index (χ0) is 21.0. The number of rotatable bonds is 8. The number of nitrogens with zero attached hydrogens (tertiary/aromatic N) is 1. The number of hydrogen-bond donors (Lipinski definition) is 0. The number of hydrogen-bond acceptors (Lipinski definition) is 5. The molecule has 1 heterocycles. The van der Waals surface area contributed by atoms with Crippen molar-refractivity contribution in [3.63, 3.8) is 0 Å². The number of amides is 2. The maximum absolute atomic E-state index is 13.1. The molecule has 0 spiro atoms. The van der Waals surface area contributed by atoms with Crippen molar-refractivity contribution in [3.05, 3.63) is 64.3 Å². The van der Waals surface area contributed by atoms with Crippen molar-refractivity contribution in [2.24, 2.45) is 0 Å².